The first-order valence-corrected chi connectivity index (χ1v) is 8.64. The molecule has 1 amide bonds. The number of likely N-dealkylation sites (tertiary alicyclic amines) is 1. The Bertz CT molecular complexity index is 630. The summed E-state index contributed by atoms with van der Waals surface area (Å²) in [4.78, 5) is 14.0. The maximum absolute atomic E-state index is 13.5. The molecule has 1 atom stereocenters. The van der Waals surface area contributed by atoms with Gasteiger partial charge in [-0.05, 0) is 51.3 Å². The third-order valence-corrected chi connectivity index (χ3v) is 4.83. The van der Waals surface area contributed by atoms with Crippen molar-refractivity contribution in [3.8, 4) is 5.75 Å². The van der Waals surface area contributed by atoms with Crippen LogP contribution in [0.4, 0.5) is 9.18 Å². The van der Waals surface area contributed by atoms with E-state index in [2.05, 4.69) is 6.92 Å². The van der Waals surface area contributed by atoms with E-state index in [0.29, 0.717) is 13.1 Å². The minimum absolute atomic E-state index is 0.222. The van der Waals surface area contributed by atoms with Crippen LogP contribution in [-0.4, -0.2) is 35.3 Å². The fourth-order valence-electron chi connectivity index (χ4n) is 3.67. The third-order valence-electron chi connectivity index (χ3n) is 4.83. The summed E-state index contributed by atoms with van der Waals surface area (Å²) in [5.74, 6) is 0.804. The molecule has 1 aromatic rings. The summed E-state index contributed by atoms with van der Waals surface area (Å²) in [7, 11) is 0. The SMILES string of the molecule is CC1CC2(CCN(C(=O)OC(C)(C)C)CC2)Oc2ccc(F)cc21. The fourth-order valence-corrected chi connectivity index (χ4v) is 3.67. The van der Waals surface area contributed by atoms with E-state index in [9.17, 15) is 9.18 Å². The van der Waals surface area contributed by atoms with Crippen molar-refractivity contribution in [2.75, 3.05) is 13.1 Å². The number of halogens is 1. The van der Waals surface area contributed by atoms with Gasteiger partial charge in [-0.25, -0.2) is 9.18 Å². The summed E-state index contributed by atoms with van der Waals surface area (Å²) >= 11 is 0. The van der Waals surface area contributed by atoms with Crippen LogP contribution in [0.5, 0.6) is 5.75 Å². The molecule has 2 aliphatic heterocycles. The molecule has 1 aromatic carbocycles. The predicted octanol–water partition coefficient (Wildman–Crippen LogP) is 4.48. The summed E-state index contributed by atoms with van der Waals surface area (Å²) in [5, 5.41) is 0. The van der Waals surface area contributed by atoms with Gasteiger partial charge in [0.15, 0.2) is 0 Å². The largest absolute Gasteiger partial charge is 0.487 e. The Balaban J connectivity index is 1.68. The van der Waals surface area contributed by atoms with Crippen LogP contribution in [0.25, 0.3) is 0 Å². The van der Waals surface area contributed by atoms with E-state index in [4.69, 9.17) is 9.47 Å². The molecule has 0 saturated carbocycles. The van der Waals surface area contributed by atoms with Crippen LogP contribution in [0.1, 0.15) is 58.4 Å². The van der Waals surface area contributed by atoms with Crippen molar-refractivity contribution in [3.63, 3.8) is 0 Å². The van der Waals surface area contributed by atoms with E-state index in [1.165, 1.54) is 6.07 Å². The number of amides is 1. The second kappa shape index (κ2) is 5.94. The molecule has 24 heavy (non-hydrogen) atoms. The zero-order chi connectivity index (χ0) is 17.5. The molecule has 1 unspecified atom stereocenters. The number of rotatable bonds is 0. The van der Waals surface area contributed by atoms with Gasteiger partial charge in [-0.1, -0.05) is 6.92 Å². The van der Waals surface area contributed by atoms with Gasteiger partial charge in [0.1, 0.15) is 22.8 Å². The van der Waals surface area contributed by atoms with E-state index in [1.807, 2.05) is 20.8 Å². The topological polar surface area (TPSA) is 38.8 Å². The Morgan fingerprint density at radius 3 is 2.62 bits per heavy atom. The highest BCUT2D eigenvalue weighted by Crippen LogP contribution is 2.45. The van der Waals surface area contributed by atoms with Crippen LogP contribution in [0.15, 0.2) is 18.2 Å². The van der Waals surface area contributed by atoms with Gasteiger partial charge >= 0.3 is 6.09 Å². The highest BCUT2D eigenvalue weighted by atomic mass is 19.1. The minimum Gasteiger partial charge on any atom is -0.487 e. The lowest BCUT2D eigenvalue weighted by molar-refractivity contribution is -0.0314. The second-order valence-corrected chi connectivity index (χ2v) is 8.04. The predicted molar refractivity (Wildman–Crippen MR) is 89.8 cm³/mol. The highest BCUT2D eigenvalue weighted by Gasteiger charge is 2.43. The smallest absolute Gasteiger partial charge is 0.410 e. The van der Waals surface area contributed by atoms with Gasteiger partial charge < -0.3 is 14.4 Å². The Morgan fingerprint density at radius 2 is 2.00 bits per heavy atom. The number of nitrogens with zero attached hydrogens (tertiary/aromatic N) is 1. The molecular formula is C19H26FNO3. The molecule has 0 aromatic heterocycles. The van der Waals surface area contributed by atoms with Crippen LogP contribution in [-0.2, 0) is 4.74 Å². The first-order valence-electron chi connectivity index (χ1n) is 8.64. The van der Waals surface area contributed by atoms with Crippen molar-refractivity contribution >= 4 is 6.09 Å². The molecular weight excluding hydrogens is 309 g/mol. The summed E-state index contributed by atoms with van der Waals surface area (Å²) < 4.78 is 25.2. The van der Waals surface area contributed by atoms with Crippen molar-refractivity contribution in [2.24, 2.45) is 0 Å². The number of hydrogen-bond acceptors (Lipinski definition) is 3. The van der Waals surface area contributed by atoms with Gasteiger partial charge in [0.25, 0.3) is 0 Å². The molecule has 1 fully saturated rings. The molecule has 2 aliphatic rings. The van der Waals surface area contributed by atoms with E-state index in [1.54, 1.807) is 17.0 Å². The van der Waals surface area contributed by atoms with E-state index < -0.39 is 5.60 Å². The van der Waals surface area contributed by atoms with Gasteiger partial charge in [0.05, 0.1) is 0 Å². The number of benzene rings is 1. The maximum Gasteiger partial charge on any atom is 0.410 e. The van der Waals surface area contributed by atoms with E-state index in [-0.39, 0.29) is 23.4 Å². The molecule has 4 nitrogen and oxygen atoms in total. The van der Waals surface area contributed by atoms with Crippen molar-refractivity contribution in [2.45, 2.75) is 64.1 Å². The highest BCUT2D eigenvalue weighted by molar-refractivity contribution is 5.68. The molecule has 1 saturated heterocycles. The van der Waals surface area contributed by atoms with Crippen molar-refractivity contribution < 1.29 is 18.7 Å². The van der Waals surface area contributed by atoms with Gasteiger partial charge in [0, 0.05) is 31.5 Å². The first kappa shape index (κ1) is 17.1. The second-order valence-electron chi connectivity index (χ2n) is 8.04. The minimum atomic E-state index is -0.481. The quantitative estimate of drug-likeness (QED) is 0.701. The normalized spacial score (nSPS) is 22.7. The van der Waals surface area contributed by atoms with Gasteiger partial charge in [-0.15, -0.1) is 0 Å². The first-order chi connectivity index (χ1) is 11.2. The summed E-state index contributed by atoms with van der Waals surface area (Å²) in [6, 6.07) is 4.74. The average Bonchev–Trinajstić information content (AvgIpc) is 2.47. The molecule has 3 rings (SSSR count). The molecule has 2 heterocycles. The van der Waals surface area contributed by atoms with Crippen molar-refractivity contribution in [1.82, 2.24) is 4.90 Å². The van der Waals surface area contributed by atoms with Crippen LogP contribution in [0.2, 0.25) is 0 Å². The Labute approximate surface area is 142 Å². The van der Waals surface area contributed by atoms with Crippen molar-refractivity contribution in [3.05, 3.63) is 29.6 Å². The van der Waals surface area contributed by atoms with Crippen LogP contribution >= 0.6 is 0 Å². The van der Waals surface area contributed by atoms with E-state index >= 15 is 0 Å². The van der Waals surface area contributed by atoms with Gasteiger partial charge in [-0.3, -0.25) is 0 Å². The zero-order valence-corrected chi connectivity index (χ0v) is 14.9. The number of ether oxygens (including phenoxy) is 2. The molecule has 132 valence electrons. The van der Waals surface area contributed by atoms with Crippen LogP contribution < -0.4 is 4.74 Å². The lowest BCUT2D eigenvalue weighted by Crippen LogP contribution is -2.52. The fraction of sp³-hybridized carbons (Fsp3) is 0.632. The Morgan fingerprint density at radius 1 is 1.33 bits per heavy atom. The molecule has 0 radical (unpaired) electrons. The summed E-state index contributed by atoms with van der Waals surface area (Å²) in [6.45, 7) is 8.98. The lowest BCUT2D eigenvalue weighted by atomic mass is 9.78. The molecule has 5 heteroatoms. The zero-order valence-electron chi connectivity index (χ0n) is 14.9. The molecule has 0 bridgehead atoms. The molecule has 0 N–H and O–H groups in total. The number of carbonyl (C=O) groups is 1. The number of carbonyl (C=O) groups excluding carboxylic acids is 1. The van der Waals surface area contributed by atoms with Crippen molar-refractivity contribution in [1.29, 1.82) is 0 Å². The number of piperidine rings is 1. The van der Waals surface area contributed by atoms with Gasteiger partial charge in [-0.2, -0.15) is 0 Å². The van der Waals surface area contributed by atoms with Crippen LogP contribution in [0.3, 0.4) is 0 Å². The average molecular weight is 335 g/mol. The summed E-state index contributed by atoms with van der Waals surface area (Å²) in [5.41, 5.74) is 0.198. The lowest BCUT2D eigenvalue weighted by Gasteiger charge is -2.46. The molecule has 1 spiro atoms. The monoisotopic (exact) mass is 335 g/mol. The number of hydrogen-bond donors (Lipinski definition) is 0. The summed E-state index contributed by atoms with van der Waals surface area (Å²) in [6.07, 6.45) is 2.13. The standard InChI is InChI=1S/C19H26FNO3/c1-13-12-19(23-16-6-5-14(20)11-15(13)16)7-9-21(10-8-19)17(22)24-18(2,3)4/h5-6,11,13H,7-10,12H2,1-4H3. The van der Waals surface area contributed by atoms with Gasteiger partial charge in [0.2, 0.25) is 0 Å². The maximum atomic E-state index is 13.5. The third kappa shape index (κ3) is 3.50. The Kier molecular flexibility index (Phi) is 4.22. The van der Waals surface area contributed by atoms with Crippen LogP contribution in [0, 0.1) is 5.82 Å². The number of fused-ring (bicyclic) bond motifs is 1. The Hall–Kier alpha value is -1.78. The molecule has 0 aliphatic carbocycles. The van der Waals surface area contributed by atoms with E-state index in [0.717, 1.165) is 30.6 Å².